The number of hydrogen-bond donors (Lipinski definition) is 0. The monoisotopic (exact) mass is 223 g/mol. The molecule has 90 valence electrons. The van der Waals surface area contributed by atoms with Crippen LogP contribution < -0.4 is 0 Å². The molecule has 1 saturated carbocycles. The average molecular weight is 223 g/mol. The fourth-order valence-electron chi connectivity index (χ4n) is 3.26. The topological polar surface area (TPSA) is 42.2 Å². The minimum absolute atomic E-state index is 0.0591. The van der Waals surface area contributed by atoms with Crippen LogP contribution in [0.15, 0.2) is 0 Å². The first-order chi connectivity index (χ1) is 7.79. The van der Waals surface area contributed by atoms with Crippen molar-refractivity contribution in [3.05, 3.63) is 0 Å². The third-order valence-corrected chi connectivity index (χ3v) is 4.30. The van der Waals surface area contributed by atoms with Crippen molar-refractivity contribution >= 4 is 0 Å². The van der Waals surface area contributed by atoms with Gasteiger partial charge in [0.2, 0.25) is 0 Å². The lowest BCUT2D eigenvalue weighted by Gasteiger charge is -2.45. The molecule has 2 aliphatic rings. The first kappa shape index (κ1) is 11.9. The first-order valence-electron chi connectivity index (χ1n) is 6.40. The van der Waals surface area contributed by atoms with Crippen LogP contribution in [-0.2, 0) is 9.47 Å². The molecule has 1 aliphatic carbocycles. The van der Waals surface area contributed by atoms with Crippen LogP contribution in [-0.4, -0.2) is 19.5 Å². The summed E-state index contributed by atoms with van der Waals surface area (Å²) in [4.78, 5) is 0. The van der Waals surface area contributed by atoms with E-state index in [0.717, 1.165) is 12.8 Å². The summed E-state index contributed by atoms with van der Waals surface area (Å²) in [6, 6.07) is 2.27. The Kier molecular flexibility index (Phi) is 3.83. The molecule has 2 fully saturated rings. The summed E-state index contributed by atoms with van der Waals surface area (Å²) in [5.41, 5.74) is 0.102. The molecule has 0 bridgehead atoms. The highest BCUT2D eigenvalue weighted by atomic mass is 16.7. The molecule has 0 amide bonds. The predicted molar refractivity (Wildman–Crippen MR) is 60.6 cm³/mol. The maximum atomic E-state index is 8.81. The summed E-state index contributed by atoms with van der Waals surface area (Å²) in [7, 11) is 0. The quantitative estimate of drug-likeness (QED) is 0.738. The van der Waals surface area contributed by atoms with Crippen molar-refractivity contribution in [2.24, 2.45) is 11.3 Å². The highest BCUT2D eigenvalue weighted by Crippen LogP contribution is 2.49. The molecular formula is C13H21NO2. The van der Waals surface area contributed by atoms with Crippen molar-refractivity contribution in [2.45, 2.75) is 51.7 Å². The standard InChI is InChI=1S/C13H21NO2/c1-11-5-2-3-6-13(11,7-4-8-14)12-15-9-10-16-12/h11-12H,2-7,9-10H2,1H3. The van der Waals surface area contributed by atoms with E-state index in [1.807, 2.05) is 0 Å². The molecule has 0 aromatic carbocycles. The van der Waals surface area contributed by atoms with E-state index in [1.165, 1.54) is 19.3 Å². The van der Waals surface area contributed by atoms with Crippen molar-refractivity contribution in [3.8, 4) is 6.07 Å². The summed E-state index contributed by atoms with van der Waals surface area (Å²) in [6.07, 6.45) is 6.44. The Labute approximate surface area is 97.7 Å². The van der Waals surface area contributed by atoms with Crippen LogP contribution in [0.3, 0.4) is 0 Å². The lowest BCUT2D eigenvalue weighted by Crippen LogP contribution is -2.43. The highest BCUT2D eigenvalue weighted by molar-refractivity contribution is 4.93. The van der Waals surface area contributed by atoms with E-state index in [1.54, 1.807) is 0 Å². The van der Waals surface area contributed by atoms with E-state index in [4.69, 9.17) is 14.7 Å². The molecule has 1 saturated heterocycles. The van der Waals surface area contributed by atoms with Gasteiger partial charge in [-0.2, -0.15) is 5.26 Å². The van der Waals surface area contributed by atoms with E-state index in [-0.39, 0.29) is 11.7 Å². The van der Waals surface area contributed by atoms with Gasteiger partial charge in [0.05, 0.1) is 19.3 Å². The molecule has 0 spiro atoms. The molecule has 0 aromatic rings. The lowest BCUT2D eigenvalue weighted by atomic mass is 9.64. The second-order valence-corrected chi connectivity index (χ2v) is 5.11. The maximum absolute atomic E-state index is 8.81. The molecule has 1 heterocycles. The Hall–Kier alpha value is -0.590. The SMILES string of the molecule is CC1CCCCC1(CCC#N)C1OCCO1. The summed E-state index contributed by atoms with van der Waals surface area (Å²) < 4.78 is 11.5. The number of rotatable bonds is 3. The lowest BCUT2D eigenvalue weighted by molar-refractivity contribution is -0.168. The fraction of sp³-hybridized carbons (Fsp3) is 0.923. The zero-order valence-electron chi connectivity index (χ0n) is 10.1. The van der Waals surface area contributed by atoms with Gasteiger partial charge >= 0.3 is 0 Å². The number of nitriles is 1. The predicted octanol–water partition coefficient (Wildman–Crippen LogP) is 2.86. The molecule has 2 unspecified atom stereocenters. The zero-order chi connectivity index (χ0) is 11.4. The van der Waals surface area contributed by atoms with Gasteiger partial charge in [-0.15, -0.1) is 0 Å². The second kappa shape index (κ2) is 5.16. The van der Waals surface area contributed by atoms with Crippen LogP contribution in [0.25, 0.3) is 0 Å². The Morgan fingerprint density at radius 2 is 2.06 bits per heavy atom. The van der Waals surface area contributed by atoms with E-state index >= 15 is 0 Å². The molecule has 2 atom stereocenters. The van der Waals surface area contributed by atoms with Crippen LogP contribution in [0.4, 0.5) is 0 Å². The molecule has 0 N–H and O–H groups in total. The second-order valence-electron chi connectivity index (χ2n) is 5.11. The summed E-state index contributed by atoms with van der Waals surface area (Å²) in [5.74, 6) is 0.609. The molecule has 0 aromatic heterocycles. The third kappa shape index (κ3) is 2.09. The summed E-state index contributed by atoms with van der Waals surface area (Å²) >= 11 is 0. The first-order valence-corrected chi connectivity index (χ1v) is 6.40. The Morgan fingerprint density at radius 3 is 2.69 bits per heavy atom. The van der Waals surface area contributed by atoms with Gasteiger partial charge in [-0.1, -0.05) is 19.8 Å². The summed E-state index contributed by atoms with van der Waals surface area (Å²) in [5, 5.41) is 8.81. The van der Waals surface area contributed by atoms with Crippen molar-refractivity contribution in [3.63, 3.8) is 0 Å². The van der Waals surface area contributed by atoms with E-state index in [9.17, 15) is 0 Å². The Morgan fingerprint density at radius 1 is 1.31 bits per heavy atom. The fourth-order valence-corrected chi connectivity index (χ4v) is 3.26. The Balaban J connectivity index is 2.12. The van der Waals surface area contributed by atoms with Crippen molar-refractivity contribution in [1.29, 1.82) is 5.26 Å². The van der Waals surface area contributed by atoms with Crippen LogP contribution in [0, 0.1) is 22.7 Å². The average Bonchev–Trinajstić information content (AvgIpc) is 2.82. The normalized spacial score (nSPS) is 36.1. The van der Waals surface area contributed by atoms with Crippen LogP contribution in [0.1, 0.15) is 45.4 Å². The van der Waals surface area contributed by atoms with E-state index in [0.29, 0.717) is 25.6 Å². The largest absolute Gasteiger partial charge is 0.350 e. The molecule has 3 nitrogen and oxygen atoms in total. The van der Waals surface area contributed by atoms with Gasteiger partial charge in [0.25, 0.3) is 0 Å². The Bertz CT molecular complexity index is 268. The van der Waals surface area contributed by atoms with Gasteiger partial charge < -0.3 is 9.47 Å². The van der Waals surface area contributed by atoms with Crippen molar-refractivity contribution in [2.75, 3.05) is 13.2 Å². The van der Waals surface area contributed by atoms with Gasteiger partial charge in [-0.05, 0) is 25.2 Å². The van der Waals surface area contributed by atoms with Crippen LogP contribution in [0.5, 0.6) is 0 Å². The highest BCUT2D eigenvalue weighted by Gasteiger charge is 2.47. The number of hydrogen-bond acceptors (Lipinski definition) is 3. The van der Waals surface area contributed by atoms with Gasteiger partial charge in [-0.3, -0.25) is 0 Å². The van der Waals surface area contributed by atoms with E-state index in [2.05, 4.69) is 13.0 Å². The van der Waals surface area contributed by atoms with Crippen molar-refractivity contribution < 1.29 is 9.47 Å². The summed E-state index contributed by atoms with van der Waals surface area (Å²) in [6.45, 7) is 3.72. The third-order valence-electron chi connectivity index (χ3n) is 4.30. The number of nitrogens with zero attached hydrogens (tertiary/aromatic N) is 1. The van der Waals surface area contributed by atoms with Gasteiger partial charge in [0.15, 0.2) is 6.29 Å². The van der Waals surface area contributed by atoms with E-state index < -0.39 is 0 Å². The van der Waals surface area contributed by atoms with Crippen molar-refractivity contribution in [1.82, 2.24) is 0 Å². The van der Waals surface area contributed by atoms with Gasteiger partial charge in [-0.25, -0.2) is 0 Å². The number of ether oxygens (including phenoxy) is 2. The molecule has 2 rings (SSSR count). The molecule has 16 heavy (non-hydrogen) atoms. The molecule has 3 heteroatoms. The zero-order valence-corrected chi connectivity index (χ0v) is 10.1. The minimum Gasteiger partial charge on any atom is -0.350 e. The van der Waals surface area contributed by atoms with Crippen LogP contribution in [0.2, 0.25) is 0 Å². The van der Waals surface area contributed by atoms with Crippen LogP contribution >= 0.6 is 0 Å². The van der Waals surface area contributed by atoms with Gasteiger partial charge in [0.1, 0.15) is 0 Å². The van der Waals surface area contributed by atoms with Gasteiger partial charge in [0, 0.05) is 11.8 Å². The molecule has 1 aliphatic heterocycles. The maximum Gasteiger partial charge on any atom is 0.163 e. The molecular weight excluding hydrogens is 202 g/mol. The minimum atomic E-state index is -0.0591. The smallest absolute Gasteiger partial charge is 0.163 e. The molecule has 0 radical (unpaired) electrons.